The molecule has 0 radical (unpaired) electrons. The largest absolute Gasteiger partial charge is 0.349 e. The smallest absolute Gasteiger partial charge is 0.339 e. The van der Waals surface area contributed by atoms with E-state index in [1.165, 1.54) is 12.1 Å². The summed E-state index contributed by atoms with van der Waals surface area (Å²) >= 11 is 0. The number of nitrogens with one attached hydrogen (secondary N) is 2. The predicted molar refractivity (Wildman–Crippen MR) is 82.3 cm³/mol. The Morgan fingerprint density at radius 1 is 1.27 bits per heavy atom. The normalized spacial score (nSPS) is 18.1. The van der Waals surface area contributed by atoms with Crippen LogP contribution in [0.3, 0.4) is 0 Å². The fourth-order valence-corrected chi connectivity index (χ4v) is 2.93. The molecule has 1 atom stereocenters. The van der Waals surface area contributed by atoms with E-state index in [-0.39, 0.29) is 17.5 Å². The van der Waals surface area contributed by atoms with Crippen molar-refractivity contribution in [2.75, 3.05) is 13.1 Å². The molecule has 1 saturated heterocycles. The summed E-state index contributed by atoms with van der Waals surface area (Å²) in [5.74, 6) is -0.272. The second-order valence-electron chi connectivity index (χ2n) is 5.57. The Labute approximate surface area is 125 Å². The molecule has 1 unspecified atom stereocenters. The maximum Gasteiger partial charge on any atom is 0.349 e. The van der Waals surface area contributed by atoms with E-state index in [0.29, 0.717) is 5.65 Å². The van der Waals surface area contributed by atoms with Crippen molar-refractivity contribution in [1.29, 1.82) is 0 Å². The lowest BCUT2D eigenvalue weighted by Crippen LogP contribution is -2.27. The van der Waals surface area contributed by atoms with Crippen LogP contribution < -0.4 is 11.0 Å². The van der Waals surface area contributed by atoms with Gasteiger partial charge in [0.1, 0.15) is 11.5 Å². The first-order valence-electron chi connectivity index (χ1n) is 7.29. The summed E-state index contributed by atoms with van der Waals surface area (Å²) in [5.41, 5.74) is 2.00. The first-order chi connectivity index (χ1) is 10.7. The average molecular weight is 298 g/mol. The minimum atomic E-state index is -0.272. The quantitative estimate of drug-likeness (QED) is 0.761. The molecule has 112 valence electrons. The molecule has 0 spiro atoms. The highest BCUT2D eigenvalue weighted by molar-refractivity contribution is 5.82. The molecule has 6 heteroatoms. The van der Waals surface area contributed by atoms with Gasteiger partial charge < -0.3 is 10.3 Å². The van der Waals surface area contributed by atoms with Crippen LogP contribution in [0.2, 0.25) is 0 Å². The van der Waals surface area contributed by atoms with Gasteiger partial charge in [0, 0.05) is 23.8 Å². The predicted octanol–water partition coefficient (Wildman–Crippen LogP) is 2.07. The molecule has 0 aliphatic carbocycles. The molecule has 0 bridgehead atoms. The summed E-state index contributed by atoms with van der Waals surface area (Å²) in [6.45, 7) is 1.71. The molecular weight excluding hydrogens is 283 g/mol. The molecule has 22 heavy (non-hydrogen) atoms. The second-order valence-corrected chi connectivity index (χ2v) is 5.57. The number of rotatable bonds is 2. The lowest BCUT2D eigenvalue weighted by atomic mass is 10.1. The van der Waals surface area contributed by atoms with Crippen molar-refractivity contribution in [3.63, 3.8) is 0 Å². The zero-order valence-corrected chi connectivity index (χ0v) is 11.8. The van der Waals surface area contributed by atoms with E-state index < -0.39 is 0 Å². The van der Waals surface area contributed by atoms with Crippen LogP contribution in [0.1, 0.15) is 12.5 Å². The average Bonchev–Trinajstić information content (AvgIpc) is 3.15. The van der Waals surface area contributed by atoms with Gasteiger partial charge in [-0.15, -0.1) is 0 Å². The SMILES string of the molecule is O=c1nc2[nH]c(-c3ccc(F)cc3)cc2cn1C1CCNC1. The Morgan fingerprint density at radius 2 is 2.09 bits per heavy atom. The van der Waals surface area contributed by atoms with Crippen molar-refractivity contribution < 1.29 is 4.39 Å². The molecule has 2 N–H and O–H groups in total. The Kier molecular flexibility index (Phi) is 3.04. The molecule has 2 aromatic heterocycles. The number of benzene rings is 1. The van der Waals surface area contributed by atoms with Crippen molar-refractivity contribution in [2.45, 2.75) is 12.5 Å². The number of halogens is 1. The Hall–Kier alpha value is -2.47. The molecule has 1 aliphatic rings. The number of nitrogens with zero attached hydrogens (tertiary/aromatic N) is 2. The van der Waals surface area contributed by atoms with Crippen molar-refractivity contribution in [1.82, 2.24) is 19.9 Å². The van der Waals surface area contributed by atoms with Gasteiger partial charge in [-0.1, -0.05) is 0 Å². The molecule has 3 heterocycles. The van der Waals surface area contributed by atoms with Gasteiger partial charge in [0.15, 0.2) is 0 Å². The van der Waals surface area contributed by atoms with Gasteiger partial charge in [0.05, 0.1) is 6.04 Å². The van der Waals surface area contributed by atoms with E-state index in [0.717, 1.165) is 36.2 Å². The molecule has 1 aliphatic heterocycles. The Balaban J connectivity index is 1.80. The highest BCUT2D eigenvalue weighted by atomic mass is 19.1. The van der Waals surface area contributed by atoms with Gasteiger partial charge in [-0.05, 0) is 48.9 Å². The maximum atomic E-state index is 13.0. The van der Waals surface area contributed by atoms with E-state index in [4.69, 9.17) is 0 Å². The van der Waals surface area contributed by atoms with E-state index in [1.54, 1.807) is 16.7 Å². The lowest BCUT2D eigenvalue weighted by Gasteiger charge is -2.11. The molecule has 5 nitrogen and oxygen atoms in total. The Morgan fingerprint density at radius 3 is 2.82 bits per heavy atom. The third-order valence-electron chi connectivity index (χ3n) is 4.12. The molecule has 1 fully saturated rings. The number of H-pyrrole nitrogens is 1. The molecule has 4 rings (SSSR count). The van der Waals surface area contributed by atoms with E-state index in [9.17, 15) is 9.18 Å². The molecule has 1 aromatic carbocycles. The summed E-state index contributed by atoms with van der Waals surface area (Å²) in [4.78, 5) is 19.4. The Bertz CT molecular complexity index is 875. The van der Waals surface area contributed by atoms with E-state index in [1.807, 2.05) is 12.3 Å². The highest BCUT2D eigenvalue weighted by Gasteiger charge is 2.18. The number of hydrogen-bond acceptors (Lipinski definition) is 3. The van der Waals surface area contributed by atoms with Crippen molar-refractivity contribution in [3.05, 3.63) is 52.8 Å². The van der Waals surface area contributed by atoms with E-state index in [2.05, 4.69) is 15.3 Å². The van der Waals surface area contributed by atoms with Crippen LogP contribution in [-0.4, -0.2) is 27.6 Å². The van der Waals surface area contributed by atoms with Crippen LogP contribution in [0.5, 0.6) is 0 Å². The van der Waals surface area contributed by atoms with Gasteiger partial charge in [0.2, 0.25) is 0 Å². The number of aromatic nitrogens is 3. The van der Waals surface area contributed by atoms with Crippen LogP contribution in [0.4, 0.5) is 4.39 Å². The highest BCUT2D eigenvalue weighted by Crippen LogP contribution is 2.23. The lowest BCUT2D eigenvalue weighted by molar-refractivity contribution is 0.522. The molecule has 0 saturated carbocycles. The fourth-order valence-electron chi connectivity index (χ4n) is 2.93. The first-order valence-corrected chi connectivity index (χ1v) is 7.29. The molecular formula is C16H15FN4O. The summed E-state index contributed by atoms with van der Waals surface area (Å²) in [7, 11) is 0. The van der Waals surface area contributed by atoms with Gasteiger partial charge in [0.25, 0.3) is 0 Å². The fraction of sp³-hybridized carbons (Fsp3) is 0.250. The van der Waals surface area contributed by atoms with Crippen molar-refractivity contribution in [2.24, 2.45) is 0 Å². The van der Waals surface area contributed by atoms with Crippen molar-refractivity contribution in [3.8, 4) is 11.3 Å². The van der Waals surface area contributed by atoms with Gasteiger partial charge in [-0.25, -0.2) is 9.18 Å². The zero-order valence-electron chi connectivity index (χ0n) is 11.8. The van der Waals surface area contributed by atoms with Crippen LogP contribution >= 0.6 is 0 Å². The van der Waals surface area contributed by atoms with Crippen LogP contribution in [0.15, 0.2) is 41.3 Å². The molecule has 3 aromatic rings. The third-order valence-corrected chi connectivity index (χ3v) is 4.12. The van der Waals surface area contributed by atoms with Gasteiger partial charge in [-0.2, -0.15) is 4.98 Å². The first kappa shape index (κ1) is 13.2. The summed E-state index contributed by atoms with van der Waals surface area (Å²) in [6.07, 6.45) is 2.79. The number of hydrogen-bond donors (Lipinski definition) is 2. The minimum absolute atomic E-state index is 0.161. The topological polar surface area (TPSA) is 62.7 Å². The maximum absolute atomic E-state index is 13.0. The van der Waals surface area contributed by atoms with Crippen LogP contribution in [-0.2, 0) is 0 Å². The van der Waals surface area contributed by atoms with Crippen molar-refractivity contribution >= 4 is 11.0 Å². The van der Waals surface area contributed by atoms with Crippen LogP contribution in [0.25, 0.3) is 22.3 Å². The number of fused-ring (bicyclic) bond motifs is 1. The zero-order chi connectivity index (χ0) is 15.1. The third kappa shape index (κ3) is 2.21. The van der Waals surface area contributed by atoms with Crippen LogP contribution in [0, 0.1) is 5.82 Å². The van der Waals surface area contributed by atoms with E-state index >= 15 is 0 Å². The minimum Gasteiger partial charge on any atom is -0.339 e. The van der Waals surface area contributed by atoms with Gasteiger partial charge >= 0.3 is 5.69 Å². The summed E-state index contributed by atoms with van der Waals surface area (Å²) in [6, 6.07) is 8.33. The van der Waals surface area contributed by atoms with Gasteiger partial charge in [-0.3, -0.25) is 4.57 Å². The monoisotopic (exact) mass is 298 g/mol. The molecule has 0 amide bonds. The summed E-state index contributed by atoms with van der Waals surface area (Å²) in [5, 5.41) is 4.13. The number of aromatic amines is 1. The second kappa shape index (κ2) is 5.06. The standard InChI is InChI=1S/C16H15FN4O/c17-12-3-1-10(2-4-12)14-7-11-9-21(13-5-6-18-8-13)16(22)20-15(11)19-14/h1-4,7,9,13,18H,5-6,8H2,(H,19,20,22). The summed E-state index contributed by atoms with van der Waals surface area (Å²) < 4.78 is 14.7.